The average molecular weight is 299 g/mol. The highest BCUT2D eigenvalue weighted by atomic mass is 16.3. The lowest BCUT2D eigenvalue weighted by Gasteiger charge is -2.23. The molecule has 0 unspecified atom stereocenters. The van der Waals surface area contributed by atoms with Crippen molar-refractivity contribution in [2.24, 2.45) is 0 Å². The SMILES string of the molecule is O=C(NCc1ccco1)c1ccc(NC2CCCCC2)cn1. The molecule has 0 saturated heterocycles. The Bertz CT molecular complexity index is 587. The predicted octanol–water partition coefficient (Wildman–Crippen LogP) is 3.35. The molecule has 0 atom stereocenters. The molecular weight excluding hydrogens is 278 g/mol. The maximum Gasteiger partial charge on any atom is 0.270 e. The first-order chi connectivity index (χ1) is 10.8. The van der Waals surface area contributed by atoms with Gasteiger partial charge in [0.05, 0.1) is 24.7 Å². The summed E-state index contributed by atoms with van der Waals surface area (Å²) in [6, 6.07) is 7.83. The minimum atomic E-state index is -0.194. The smallest absolute Gasteiger partial charge is 0.270 e. The predicted molar refractivity (Wildman–Crippen MR) is 84.6 cm³/mol. The highest BCUT2D eigenvalue weighted by Crippen LogP contribution is 2.21. The van der Waals surface area contributed by atoms with Gasteiger partial charge in [0.15, 0.2) is 0 Å². The zero-order valence-electron chi connectivity index (χ0n) is 12.5. The summed E-state index contributed by atoms with van der Waals surface area (Å²) in [7, 11) is 0. The summed E-state index contributed by atoms with van der Waals surface area (Å²) >= 11 is 0. The molecule has 2 aromatic heterocycles. The zero-order chi connectivity index (χ0) is 15.2. The van der Waals surface area contributed by atoms with Gasteiger partial charge in [-0.2, -0.15) is 0 Å². The van der Waals surface area contributed by atoms with E-state index in [1.54, 1.807) is 24.6 Å². The molecule has 22 heavy (non-hydrogen) atoms. The molecule has 1 aliphatic rings. The van der Waals surface area contributed by atoms with Gasteiger partial charge < -0.3 is 15.1 Å². The van der Waals surface area contributed by atoms with Crippen molar-refractivity contribution in [2.75, 3.05) is 5.32 Å². The molecule has 0 aromatic carbocycles. The van der Waals surface area contributed by atoms with E-state index in [1.165, 1.54) is 32.1 Å². The van der Waals surface area contributed by atoms with Gasteiger partial charge in [-0.05, 0) is 37.1 Å². The van der Waals surface area contributed by atoms with Crippen LogP contribution in [0.4, 0.5) is 5.69 Å². The van der Waals surface area contributed by atoms with Crippen molar-refractivity contribution in [1.29, 1.82) is 0 Å². The molecule has 1 amide bonds. The zero-order valence-corrected chi connectivity index (χ0v) is 12.5. The fraction of sp³-hybridized carbons (Fsp3) is 0.412. The van der Waals surface area contributed by atoms with Gasteiger partial charge in [0, 0.05) is 6.04 Å². The van der Waals surface area contributed by atoms with Crippen molar-refractivity contribution in [3.05, 3.63) is 48.2 Å². The van der Waals surface area contributed by atoms with Crippen LogP contribution >= 0.6 is 0 Å². The number of carbonyl (C=O) groups is 1. The van der Waals surface area contributed by atoms with Gasteiger partial charge >= 0.3 is 0 Å². The van der Waals surface area contributed by atoms with E-state index in [0.717, 1.165) is 11.4 Å². The van der Waals surface area contributed by atoms with Crippen molar-refractivity contribution in [3.63, 3.8) is 0 Å². The lowest BCUT2D eigenvalue weighted by molar-refractivity contribution is 0.0943. The summed E-state index contributed by atoms with van der Waals surface area (Å²) in [5, 5.41) is 6.28. The number of pyridine rings is 1. The van der Waals surface area contributed by atoms with Gasteiger partial charge in [-0.15, -0.1) is 0 Å². The van der Waals surface area contributed by atoms with Crippen molar-refractivity contribution in [3.8, 4) is 0 Å². The van der Waals surface area contributed by atoms with Crippen LogP contribution in [0.1, 0.15) is 48.4 Å². The van der Waals surface area contributed by atoms with E-state index in [4.69, 9.17) is 4.42 Å². The number of carbonyl (C=O) groups excluding carboxylic acids is 1. The summed E-state index contributed by atoms with van der Waals surface area (Å²) in [6.07, 6.45) is 9.67. The highest BCUT2D eigenvalue weighted by molar-refractivity contribution is 5.92. The molecular formula is C17H21N3O2. The van der Waals surface area contributed by atoms with Crippen molar-refractivity contribution >= 4 is 11.6 Å². The van der Waals surface area contributed by atoms with Gasteiger partial charge in [0.25, 0.3) is 5.91 Å². The van der Waals surface area contributed by atoms with Crippen LogP contribution in [0.5, 0.6) is 0 Å². The molecule has 3 rings (SSSR count). The number of nitrogens with zero attached hydrogens (tertiary/aromatic N) is 1. The minimum Gasteiger partial charge on any atom is -0.467 e. The number of amides is 1. The molecule has 0 bridgehead atoms. The Kier molecular flexibility index (Phi) is 4.73. The van der Waals surface area contributed by atoms with E-state index in [2.05, 4.69) is 15.6 Å². The van der Waals surface area contributed by atoms with Crippen LogP contribution in [0.2, 0.25) is 0 Å². The lowest BCUT2D eigenvalue weighted by Crippen LogP contribution is -2.24. The third-order valence-electron chi connectivity index (χ3n) is 3.98. The quantitative estimate of drug-likeness (QED) is 0.888. The van der Waals surface area contributed by atoms with E-state index < -0.39 is 0 Å². The second-order valence-electron chi connectivity index (χ2n) is 5.67. The van der Waals surface area contributed by atoms with Gasteiger partial charge in [-0.25, -0.2) is 4.98 Å². The highest BCUT2D eigenvalue weighted by Gasteiger charge is 2.13. The van der Waals surface area contributed by atoms with E-state index in [1.807, 2.05) is 12.1 Å². The van der Waals surface area contributed by atoms with Gasteiger partial charge in [-0.1, -0.05) is 19.3 Å². The van der Waals surface area contributed by atoms with E-state index in [-0.39, 0.29) is 5.91 Å². The van der Waals surface area contributed by atoms with Gasteiger partial charge in [-0.3, -0.25) is 4.79 Å². The summed E-state index contributed by atoms with van der Waals surface area (Å²) in [5.74, 6) is 0.532. The number of nitrogens with one attached hydrogen (secondary N) is 2. The third kappa shape index (κ3) is 3.87. The van der Waals surface area contributed by atoms with Crippen molar-refractivity contribution < 1.29 is 9.21 Å². The average Bonchev–Trinajstić information content (AvgIpc) is 3.08. The summed E-state index contributed by atoms with van der Waals surface area (Å²) in [6.45, 7) is 0.371. The van der Waals surface area contributed by atoms with Crippen molar-refractivity contribution in [2.45, 2.75) is 44.7 Å². The topological polar surface area (TPSA) is 67.2 Å². The van der Waals surface area contributed by atoms with Crippen LogP contribution in [0.3, 0.4) is 0 Å². The molecule has 0 spiro atoms. The summed E-state index contributed by atoms with van der Waals surface area (Å²) in [4.78, 5) is 16.2. The Morgan fingerprint density at radius 2 is 2.09 bits per heavy atom. The Morgan fingerprint density at radius 1 is 1.23 bits per heavy atom. The lowest BCUT2D eigenvalue weighted by atomic mass is 9.95. The third-order valence-corrected chi connectivity index (χ3v) is 3.98. The second kappa shape index (κ2) is 7.11. The molecule has 5 heteroatoms. The number of hydrogen-bond donors (Lipinski definition) is 2. The molecule has 1 aliphatic carbocycles. The molecule has 116 valence electrons. The fourth-order valence-electron chi connectivity index (χ4n) is 2.77. The Morgan fingerprint density at radius 3 is 2.77 bits per heavy atom. The molecule has 2 N–H and O–H groups in total. The largest absolute Gasteiger partial charge is 0.467 e. The first-order valence-electron chi connectivity index (χ1n) is 7.84. The van der Waals surface area contributed by atoms with E-state index in [0.29, 0.717) is 18.3 Å². The standard InChI is InChI=1S/C17H21N3O2/c21-17(19-12-15-7-4-10-22-15)16-9-8-14(11-18-16)20-13-5-2-1-3-6-13/h4,7-11,13,20H,1-3,5-6,12H2,(H,19,21). The summed E-state index contributed by atoms with van der Waals surface area (Å²) < 4.78 is 5.18. The number of aromatic nitrogens is 1. The van der Waals surface area contributed by atoms with Crippen LogP contribution in [0, 0.1) is 0 Å². The molecule has 0 radical (unpaired) electrons. The van der Waals surface area contributed by atoms with Crippen molar-refractivity contribution in [1.82, 2.24) is 10.3 Å². The second-order valence-corrected chi connectivity index (χ2v) is 5.67. The first-order valence-corrected chi connectivity index (χ1v) is 7.84. The van der Waals surface area contributed by atoms with Crippen LogP contribution < -0.4 is 10.6 Å². The maximum absolute atomic E-state index is 12.0. The molecule has 0 aliphatic heterocycles. The molecule has 1 fully saturated rings. The van der Waals surface area contributed by atoms with Crippen LogP contribution in [0.15, 0.2) is 41.1 Å². The first kappa shape index (κ1) is 14.6. The molecule has 5 nitrogen and oxygen atoms in total. The number of rotatable bonds is 5. The van der Waals surface area contributed by atoms with Crippen LogP contribution in [-0.2, 0) is 6.54 Å². The van der Waals surface area contributed by atoms with Crippen LogP contribution in [0.25, 0.3) is 0 Å². The van der Waals surface area contributed by atoms with Gasteiger partial charge in [0.2, 0.25) is 0 Å². The number of hydrogen-bond acceptors (Lipinski definition) is 4. The fourth-order valence-corrected chi connectivity index (χ4v) is 2.77. The number of furan rings is 1. The summed E-state index contributed by atoms with van der Waals surface area (Å²) in [5.41, 5.74) is 1.40. The normalized spacial score (nSPS) is 15.5. The maximum atomic E-state index is 12.0. The molecule has 1 saturated carbocycles. The van der Waals surface area contributed by atoms with E-state index >= 15 is 0 Å². The van der Waals surface area contributed by atoms with Gasteiger partial charge in [0.1, 0.15) is 11.5 Å². The monoisotopic (exact) mass is 299 g/mol. The minimum absolute atomic E-state index is 0.194. The Hall–Kier alpha value is -2.30. The van der Waals surface area contributed by atoms with E-state index in [9.17, 15) is 4.79 Å². The molecule has 2 aromatic rings. The molecule has 2 heterocycles. The Labute approximate surface area is 130 Å². The van der Waals surface area contributed by atoms with Crippen LogP contribution in [-0.4, -0.2) is 16.9 Å². The number of anilines is 1. The Balaban J connectivity index is 1.52.